The molecule has 1 atom stereocenters. The number of anilines is 1. The zero-order valence-electron chi connectivity index (χ0n) is 12.4. The van der Waals surface area contributed by atoms with E-state index in [0.29, 0.717) is 5.69 Å². The first kappa shape index (κ1) is 16.0. The first-order valence-electron chi connectivity index (χ1n) is 6.53. The molecule has 0 radical (unpaired) electrons. The molecule has 0 aromatic heterocycles. The van der Waals surface area contributed by atoms with Crippen LogP contribution in [0, 0.1) is 0 Å². The third-order valence-electron chi connectivity index (χ3n) is 2.50. The van der Waals surface area contributed by atoms with E-state index >= 15 is 0 Å². The largest absolute Gasteiger partial charge is 0.452 e. The lowest BCUT2D eigenvalue weighted by atomic mass is 10.1. The fraction of sp³-hybridized carbons (Fsp3) is 0.467. The second-order valence-corrected chi connectivity index (χ2v) is 5.79. The molecule has 0 saturated carbocycles. The molecule has 0 heterocycles. The Morgan fingerprint density at radius 2 is 1.80 bits per heavy atom. The highest BCUT2D eigenvalue weighted by molar-refractivity contribution is 5.84. The van der Waals surface area contributed by atoms with Gasteiger partial charge in [-0.2, -0.15) is 0 Å². The molecule has 3 N–H and O–H groups in total. The minimum Gasteiger partial charge on any atom is -0.452 e. The van der Waals surface area contributed by atoms with E-state index in [1.807, 2.05) is 20.8 Å². The van der Waals surface area contributed by atoms with Gasteiger partial charge in [0, 0.05) is 11.2 Å². The van der Waals surface area contributed by atoms with Gasteiger partial charge >= 0.3 is 5.97 Å². The SMILES string of the molecule is CC(OC(=O)Cc1ccc(N)cc1)C(=O)NC(C)(C)C. The first-order chi connectivity index (χ1) is 9.17. The van der Waals surface area contributed by atoms with Crippen LogP contribution in [0.4, 0.5) is 5.69 Å². The van der Waals surface area contributed by atoms with Crippen molar-refractivity contribution in [3.63, 3.8) is 0 Å². The van der Waals surface area contributed by atoms with E-state index in [-0.39, 0.29) is 17.9 Å². The van der Waals surface area contributed by atoms with Gasteiger partial charge in [0.1, 0.15) is 0 Å². The number of hydrogen-bond donors (Lipinski definition) is 2. The molecule has 5 nitrogen and oxygen atoms in total. The summed E-state index contributed by atoms with van der Waals surface area (Å²) < 4.78 is 5.11. The Hall–Kier alpha value is -2.04. The van der Waals surface area contributed by atoms with Crippen LogP contribution in [0.1, 0.15) is 33.3 Å². The molecular formula is C15H22N2O3. The summed E-state index contributed by atoms with van der Waals surface area (Å²) in [6.07, 6.45) is -0.691. The van der Waals surface area contributed by atoms with E-state index in [1.165, 1.54) is 0 Å². The smallest absolute Gasteiger partial charge is 0.311 e. The number of nitrogens with two attached hydrogens (primary N) is 1. The number of nitrogens with one attached hydrogen (secondary N) is 1. The van der Waals surface area contributed by atoms with Gasteiger partial charge in [-0.05, 0) is 45.4 Å². The molecule has 1 aromatic carbocycles. The number of nitrogen functional groups attached to an aromatic ring is 1. The lowest BCUT2D eigenvalue weighted by Gasteiger charge is -2.23. The molecule has 0 saturated heterocycles. The summed E-state index contributed by atoms with van der Waals surface area (Å²) in [5.74, 6) is -0.741. The van der Waals surface area contributed by atoms with Gasteiger partial charge in [0.15, 0.2) is 6.10 Å². The standard InChI is InChI=1S/C15H22N2O3/c1-10(14(19)17-15(2,3)4)20-13(18)9-11-5-7-12(16)8-6-11/h5-8,10H,9,16H2,1-4H3,(H,17,19). The third-order valence-corrected chi connectivity index (χ3v) is 2.50. The van der Waals surface area contributed by atoms with Crippen LogP contribution in [0.2, 0.25) is 0 Å². The quantitative estimate of drug-likeness (QED) is 0.648. The Labute approximate surface area is 119 Å². The van der Waals surface area contributed by atoms with E-state index in [2.05, 4.69) is 5.32 Å². The maximum atomic E-state index is 11.8. The minimum absolute atomic E-state index is 0.118. The predicted octanol–water partition coefficient (Wildman–Crippen LogP) is 1.66. The van der Waals surface area contributed by atoms with Crippen LogP contribution in [-0.4, -0.2) is 23.5 Å². The van der Waals surface area contributed by atoms with Crippen molar-refractivity contribution >= 4 is 17.6 Å². The summed E-state index contributed by atoms with van der Waals surface area (Å²) >= 11 is 0. The summed E-state index contributed by atoms with van der Waals surface area (Å²) in [4.78, 5) is 23.5. The van der Waals surface area contributed by atoms with Gasteiger partial charge in [-0.15, -0.1) is 0 Å². The highest BCUT2D eigenvalue weighted by atomic mass is 16.5. The predicted molar refractivity (Wildman–Crippen MR) is 78.0 cm³/mol. The zero-order chi connectivity index (χ0) is 15.3. The van der Waals surface area contributed by atoms with Gasteiger partial charge < -0.3 is 15.8 Å². The second-order valence-electron chi connectivity index (χ2n) is 5.79. The summed E-state index contributed by atoms with van der Waals surface area (Å²) in [6, 6.07) is 6.96. The van der Waals surface area contributed by atoms with Crippen molar-refractivity contribution in [1.29, 1.82) is 0 Å². The Morgan fingerprint density at radius 1 is 1.25 bits per heavy atom. The maximum absolute atomic E-state index is 11.8. The van der Waals surface area contributed by atoms with Crippen molar-refractivity contribution in [2.45, 2.75) is 45.8 Å². The van der Waals surface area contributed by atoms with Gasteiger partial charge in [-0.1, -0.05) is 12.1 Å². The Kier molecular flexibility index (Phi) is 5.13. The number of ether oxygens (including phenoxy) is 1. The van der Waals surface area contributed by atoms with E-state index in [0.717, 1.165) is 5.56 Å². The van der Waals surface area contributed by atoms with Crippen molar-refractivity contribution in [2.75, 3.05) is 5.73 Å². The Bertz CT molecular complexity index is 475. The highest BCUT2D eigenvalue weighted by Crippen LogP contribution is 2.08. The van der Waals surface area contributed by atoms with Crippen molar-refractivity contribution in [2.24, 2.45) is 0 Å². The number of carbonyl (C=O) groups excluding carboxylic acids is 2. The normalized spacial score (nSPS) is 12.6. The number of hydrogen-bond acceptors (Lipinski definition) is 4. The maximum Gasteiger partial charge on any atom is 0.311 e. The molecular weight excluding hydrogens is 256 g/mol. The molecule has 110 valence electrons. The number of esters is 1. The molecule has 1 unspecified atom stereocenters. The number of amides is 1. The van der Waals surface area contributed by atoms with Gasteiger partial charge in [0.2, 0.25) is 0 Å². The fourth-order valence-electron chi connectivity index (χ4n) is 1.57. The van der Waals surface area contributed by atoms with Crippen LogP contribution < -0.4 is 11.1 Å². The Morgan fingerprint density at radius 3 is 2.30 bits per heavy atom. The van der Waals surface area contributed by atoms with Crippen molar-refractivity contribution < 1.29 is 14.3 Å². The molecule has 5 heteroatoms. The molecule has 0 spiro atoms. The third kappa shape index (κ3) is 5.73. The molecule has 1 aromatic rings. The fourth-order valence-corrected chi connectivity index (χ4v) is 1.57. The minimum atomic E-state index is -0.810. The average Bonchev–Trinajstić information content (AvgIpc) is 2.29. The van der Waals surface area contributed by atoms with Crippen LogP contribution in [0.15, 0.2) is 24.3 Å². The lowest BCUT2D eigenvalue weighted by Crippen LogP contribution is -2.46. The molecule has 20 heavy (non-hydrogen) atoms. The number of benzene rings is 1. The monoisotopic (exact) mass is 278 g/mol. The summed E-state index contributed by atoms with van der Waals surface area (Å²) in [6.45, 7) is 7.16. The van der Waals surface area contributed by atoms with Gasteiger partial charge in [-0.25, -0.2) is 0 Å². The van der Waals surface area contributed by atoms with Crippen LogP contribution in [-0.2, 0) is 20.7 Å². The van der Waals surface area contributed by atoms with Crippen molar-refractivity contribution in [1.82, 2.24) is 5.32 Å². The zero-order valence-corrected chi connectivity index (χ0v) is 12.4. The first-order valence-corrected chi connectivity index (χ1v) is 6.53. The van der Waals surface area contributed by atoms with Crippen molar-refractivity contribution in [3.8, 4) is 0 Å². The second kappa shape index (κ2) is 6.41. The van der Waals surface area contributed by atoms with Crippen LogP contribution in [0.3, 0.4) is 0 Å². The summed E-state index contributed by atoms with van der Waals surface area (Å²) in [7, 11) is 0. The molecule has 0 bridgehead atoms. The molecule has 0 fully saturated rings. The topological polar surface area (TPSA) is 81.4 Å². The van der Waals surface area contributed by atoms with Gasteiger partial charge in [-0.3, -0.25) is 9.59 Å². The molecule has 0 aliphatic heterocycles. The lowest BCUT2D eigenvalue weighted by molar-refractivity contribution is -0.154. The van der Waals surface area contributed by atoms with Gasteiger partial charge in [0.25, 0.3) is 5.91 Å². The van der Waals surface area contributed by atoms with E-state index in [1.54, 1.807) is 31.2 Å². The molecule has 0 aliphatic carbocycles. The summed E-state index contributed by atoms with van der Waals surface area (Å²) in [5.41, 5.74) is 6.65. The van der Waals surface area contributed by atoms with Crippen LogP contribution in [0.5, 0.6) is 0 Å². The average molecular weight is 278 g/mol. The van der Waals surface area contributed by atoms with Gasteiger partial charge in [0.05, 0.1) is 6.42 Å². The highest BCUT2D eigenvalue weighted by Gasteiger charge is 2.22. The van der Waals surface area contributed by atoms with E-state index in [9.17, 15) is 9.59 Å². The van der Waals surface area contributed by atoms with E-state index < -0.39 is 12.1 Å². The molecule has 0 aliphatic rings. The molecule has 1 amide bonds. The van der Waals surface area contributed by atoms with Crippen LogP contribution in [0.25, 0.3) is 0 Å². The van der Waals surface area contributed by atoms with E-state index in [4.69, 9.17) is 10.5 Å². The van der Waals surface area contributed by atoms with Crippen molar-refractivity contribution in [3.05, 3.63) is 29.8 Å². The molecule has 1 rings (SSSR count). The summed E-state index contributed by atoms with van der Waals surface area (Å²) in [5, 5.41) is 2.76. The number of rotatable bonds is 4. The van der Waals surface area contributed by atoms with Crippen LogP contribution >= 0.6 is 0 Å². The Balaban J connectivity index is 2.49. The number of carbonyl (C=O) groups is 2.